The third kappa shape index (κ3) is 13.5. The SMILES string of the molecule is CCCCCCCCCCCCSC(OC#N)=[O+]C. The van der Waals surface area contributed by atoms with E-state index >= 15 is 0 Å². The minimum Gasteiger partial charge on any atom is -0.315 e. The van der Waals surface area contributed by atoms with Crippen molar-refractivity contribution in [3.63, 3.8) is 0 Å². The molecule has 0 fully saturated rings. The maximum Gasteiger partial charge on any atom is 0.569 e. The van der Waals surface area contributed by atoms with Crippen molar-refractivity contribution in [2.75, 3.05) is 12.9 Å². The highest BCUT2D eigenvalue weighted by Crippen LogP contribution is 2.14. The van der Waals surface area contributed by atoms with E-state index in [1.807, 2.05) is 0 Å². The fourth-order valence-corrected chi connectivity index (χ4v) is 2.64. The largest absolute Gasteiger partial charge is 0.569 e. The van der Waals surface area contributed by atoms with Crippen LogP contribution in [0, 0.1) is 11.5 Å². The highest BCUT2D eigenvalue weighted by Gasteiger charge is 2.14. The predicted molar refractivity (Wildman–Crippen MR) is 82.3 cm³/mol. The van der Waals surface area contributed by atoms with Gasteiger partial charge in [0.2, 0.25) is 0 Å². The Morgan fingerprint density at radius 1 is 1.00 bits per heavy atom. The van der Waals surface area contributed by atoms with Gasteiger partial charge in [0, 0.05) is 17.5 Å². The van der Waals surface area contributed by atoms with E-state index in [1.54, 1.807) is 6.26 Å². The molecule has 0 aromatic carbocycles. The van der Waals surface area contributed by atoms with Crippen LogP contribution in [0.2, 0.25) is 0 Å². The molecule has 0 unspecified atom stereocenters. The van der Waals surface area contributed by atoms with E-state index in [1.165, 1.54) is 76.7 Å². The third-order valence-electron chi connectivity index (χ3n) is 3.01. The molecule has 0 aromatic heterocycles. The van der Waals surface area contributed by atoms with Crippen LogP contribution >= 0.6 is 11.8 Å². The molecule has 0 radical (unpaired) electrons. The lowest BCUT2D eigenvalue weighted by molar-refractivity contribution is -0.0915. The van der Waals surface area contributed by atoms with Crippen molar-refractivity contribution in [3.8, 4) is 6.26 Å². The van der Waals surface area contributed by atoms with Crippen LogP contribution in [-0.4, -0.2) is 18.2 Å². The van der Waals surface area contributed by atoms with Crippen molar-refractivity contribution in [1.29, 1.82) is 5.26 Å². The van der Waals surface area contributed by atoms with Gasteiger partial charge in [-0.3, -0.25) is 0 Å². The van der Waals surface area contributed by atoms with Crippen LogP contribution in [0.5, 0.6) is 0 Å². The van der Waals surface area contributed by atoms with Crippen molar-refractivity contribution >= 4 is 17.1 Å². The molecule has 0 aliphatic rings. The summed E-state index contributed by atoms with van der Waals surface area (Å²) >= 11 is 1.47. The van der Waals surface area contributed by atoms with E-state index in [4.69, 9.17) is 9.69 Å². The predicted octanol–water partition coefficient (Wildman–Crippen LogP) is 5.42. The van der Waals surface area contributed by atoms with Gasteiger partial charge in [-0.25, -0.2) is 0 Å². The molecule has 0 N–H and O–H groups in total. The Kier molecular flexibility index (Phi) is 14.8. The van der Waals surface area contributed by atoms with Gasteiger partial charge in [-0.1, -0.05) is 64.7 Å². The van der Waals surface area contributed by atoms with E-state index in [-0.39, 0.29) is 0 Å². The van der Waals surface area contributed by atoms with Gasteiger partial charge in [0.15, 0.2) is 7.11 Å². The van der Waals surface area contributed by atoms with Crippen LogP contribution in [0.1, 0.15) is 71.1 Å². The first-order valence-electron chi connectivity index (χ1n) is 7.44. The summed E-state index contributed by atoms with van der Waals surface area (Å²) in [4.78, 5) is 0. The zero-order valence-electron chi connectivity index (χ0n) is 12.5. The van der Waals surface area contributed by atoms with Gasteiger partial charge in [0.05, 0.1) is 0 Å². The average Bonchev–Trinajstić information content (AvgIpc) is 2.43. The molecule has 110 valence electrons. The zero-order valence-corrected chi connectivity index (χ0v) is 13.3. The van der Waals surface area contributed by atoms with Gasteiger partial charge in [0.25, 0.3) is 0 Å². The Balaban J connectivity index is 3.17. The zero-order chi connectivity index (χ0) is 14.2. The summed E-state index contributed by atoms with van der Waals surface area (Å²) in [6, 6.07) is 0. The standard InChI is InChI=1S/C15H28NO2S/c1-3-4-5-6-7-8-9-10-11-12-13-19-15(17-2)18-14-16/h3-13H2,1-2H3/q+1. The Hall–Kier alpha value is -0.690. The highest BCUT2D eigenvalue weighted by molar-refractivity contribution is 8.13. The number of nitrogens with zero attached hydrogens (tertiary/aromatic N) is 1. The first-order chi connectivity index (χ1) is 9.35. The van der Waals surface area contributed by atoms with Gasteiger partial charge < -0.3 is 4.42 Å². The summed E-state index contributed by atoms with van der Waals surface area (Å²) < 4.78 is 9.56. The minimum absolute atomic E-state index is 0.360. The molecule has 0 amide bonds. The van der Waals surface area contributed by atoms with Crippen LogP contribution in [-0.2, 0) is 4.74 Å². The molecule has 19 heavy (non-hydrogen) atoms. The normalized spacial score (nSPS) is 11.3. The maximum atomic E-state index is 8.36. The fourth-order valence-electron chi connectivity index (χ4n) is 1.91. The molecule has 0 aliphatic carbocycles. The molecule has 0 atom stereocenters. The molecule has 0 saturated heterocycles. The Morgan fingerprint density at radius 2 is 1.53 bits per heavy atom. The van der Waals surface area contributed by atoms with Gasteiger partial charge in [-0.15, -0.1) is 5.26 Å². The van der Waals surface area contributed by atoms with Crippen molar-refractivity contribution in [3.05, 3.63) is 0 Å². The lowest BCUT2D eigenvalue weighted by atomic mass is 10.1. The molecular weight excluding hydrogens is 258 g/mol. The van der Waals surface area contributed by atoms with Crippen LogP contribution in [0.25, 0.3) is 0 Å². The highest BCUT2D eigenvalue weighted by atomic mass is 32.2. The Bertz CT molecular complexity index is 261. The number of carbonyl (C=O) groups excluding carboxylic acids is 1. The number of ether oxygens (including phenoxy) is 1. The van der Waals surface area contributed by atoms with Crippen molar-refractivity contribution < 1.29 is 9.16 Å². The summed E-state index contributed by atoms with van der Waals surface area (Å²) in [7, 11) is 1.53. The Labute approximate surface area is 122 Å². The number of hydrogen-bond acceptors (Lipinski definition) is 3. The van der Waals surface area contributed by atoms with Gasteiger partial charge in [-0.2, -0.15) is 4.74 Å². The van der Waals surface area contributed by atoms with Crippen molar-refractivity contribution in [2.24, 2.45) is 0 Å². The monoisotopic (exact) mass is 286 g/mol. The second-order valence-electron chi connectivity index (χ2n) is 4.68. The molecular formula is C15H28NO2S+. The van der Waals surface area contributed by atoms with Gasteiger partial charge in [-0.05, 0) is 6.42 Å². The minimum atomic E-state index is 0.360. The van der Waals surface area contributed by atoms with E-state index in [2.05, 4.69) is 11.7 Å². The van der Waals surface area contributed by atoms with Crippen molar-refractivity contribution in [2.45, 2.75) is 71.1 Å². The van der Waals surface area contributed by atoms with Crippen LogP contribution in [0.4, 0.5) is 4.42 Å². The topological polar surface area (TPSA) is 44.3 Å². The third-order valence-corrected chi connectivity index (χ3v) is 3.99. The molecule has 3 nitrogen and oxygen atoms in total. The van der Waals surface area contributed by atoms with Gasteiger partial charge >= 0.3 is 11.6 Å². The molecule has 0 bridgehead atoms. The summed E-state index contributed by atoms with van der Waals surface area (Å²) in [5, 5.41) is 8.72. The summed E-state index contributed by atoms with van der Waals surface area (Å²) in [6.07, 6.45) is 15.0. The molecule has 4 heteroatoms. The second kappa shape index (κ2) is 15.4. The second-order valence-corrected chi connectivity index (χ2v) is 5.71. The Morgan fingerprint density at radius 3 is 2.00 bits per heavy atom. The first-order valence-corrected chi connectivity index (χ1v) is 8.43. The van der Waals surface area contributed by atoms with E-state index < -0.39 is 0 Å². The lowest BCUT2D eigenvalue weighted by Crippen LogP contribution is -1.94. The van der Waals surface area contributed by atoms with E-state index in [0.29, 0.717) is 5.30 Å². The summed E-state index contributed by atoms with van der Waals surface area (Å²) in [5.41, 5.74) is 0. The number of nitriles is 1. The molecule has 0 heterocycles. The number of rotatable bonds is 11. The van der Waals surface area contributed by atoms with Gasteiger partial charge in [0.1, 0.15) is 0 Å². The smallest absolute Gasteiger partial charge is 0.315 e. The first kappa shape index (κ1) is 18.3. The lowest BCUT2D eigenvalue weighted by Gasteiger charge is -2.01. The summed E-state index contributed by atoms with van der Waals surface area (Å²) in [5.74, 6) is 0.960. The quantitative estimate of drug-likeness (QED) is 0.220. The molecule has 0 aromatic rings. The number of hydrogen-bond donors (Lipinski definition) is 0. The summed E-state index contributed by atoms with van der Waals surface area (Å²) in [6.45, 7) is 2.26. The van der Waals surface area contributed by atoms with E-state index in [9.17, 15) is 0 Å². The molecule has 0 saturated carbocycles. The number of thioether (sulfide) groups is 1. The fraction of sp³-hybridized carbons (Fsp3) is 0.867. The van der Waals surface area contributed by atoms with Crippen LogP contribution in [0.15, 0.2) is 0 Å². The average molecular weight is 286 g/mol. The molecule has 0 aliphatic heterocycles. The maximum absolute atomic E-state index is 8.36. The van der Waals surface area contributed by atoms with E-state index in [0.717, 1.165) is 12.2 Å². The van der Waals surface area contributed by atoms with Crippen LogP contribution in [0.3, 0.4) is 0 Å². The number of unbranched alkanes of at least 4 members (excludes halogenated alkanes) is 9. The van der Waals surface area contributed by atoms with Crippen molar-refractivity contribution in [1.82, 2.24) is 0 Å². The molecule has 0 spiro atoms. The van der Waals surface area contributed by atoms with Crippen LogP contribution < -0.4 is 0 Å². The molecule has 0 rings (SSSR count).